The number of benzene rings is 1. The van der Waals surface area contributed by atoms with Gasteiger partial charge in [-0.2, -0.15) is 0 Å². The molecule has 1 amide bonds. The average Bonchev–Trinajstić information content (AvgIpc) is 2.35. The van der Waals surface area contributed by atoms with Crippen molar-refractivity contribution in [3.05, 3.63) is 29.8 Å². The van der Waals surface area contributed by atoms with Crippen LogP contribution in [0.4, 0.5) is 10.5 Å². The maximum absolute atomic E-state index is 12.1. The normalized spacial score (nSPS) is 14.0. The van der Waals surface area contributed by atoms with Crippen LogP contribution in [-0.2, 0) is 19.8 Å². The number of amides is 1. The number of nitrogens with one attached hydrogen (secondary N) is 1. The van der Waals surface area contributed by atoms with E-state index in [2.05, 4.69) is 5.32 Å². The molecule has 0 unspecified atom stereocenters. The molecule has 0 aromatic heterocycles. The molecule has 21 heavy (non-hydrogen) atoms. The van der Waals surface area contributed by atoms with Crippen LogP contribution in [0.15, 0.2) is 24.3 Å². The van der Waals surface area contributed by atoms with Gasteiger partial charge in [-0.3, -0.25) is 0 Å². The van der Waals surface area contributed by atoms with E-state index in [1.54, 1.807) is 52.0 Å². The zero-order valence-electron chi connectivity index (χ0n) is 13.0. The molecule has 1 aromatic rings. The van der Waals surface area contributed by atoms with E-state index in [-0.39, 0.29) is 0 Å². The van der Waals surface area contributed by atoms with Crippen molar-refractivity contribution in [1.82, 2.24) is 5.32 Å². The van der Waals surface area contributed by atoms with Gasteiger partial charge in [-0.1, -0.05) is 12.1 Å². The number of ether oxygens (including phenoxy) is 2. The Morgan fingerprint density at radius 1 is 1.10 bits per heavy atom. The summed E-state index contributed by atoms with van der Waals surface area (Å²) in [5.74, 6) is -0.599. The molecule has 0 fully saturated rings. The Kier molecular flexibility index (Phi) is 4.83. The number of nitrogens with two attached hydrogens (primary N) is 1. The molecule has 6 nitrogen and oxygen atoms in total. The van der Waals surface area contributed by atoms with Crippen molar-refractivity contribution in [1.29, 1.82) is 0 Å². The fourth-order valence-electron chi connectivity index (χ4n) is 1.77. The van der Waals surface area contributed by atoms with Crippen LogP contribution in [0.5, 0.6) is 0 Å². The summed E-state index contributed by atoms with van der Waals surface area (Å²) in [7, 11) is 1.26. The van der Waals surface area contributed by atoms with Crippen molar-refractivity contribution in [2.75, 3.05) is 12.8 Å². The van der Waals surface area contributed by atoms with Gasteiger partial charge in [0.1, 0.15) is 5.60 Å². The summed E-state index contributed by atoms with van der Waals surface area (Å²) in [5.41, 5.74) is 4.72. The van der Waals surface area contributed by atoms with Crippen molar-refractivity contribution in [2.45, 2.75) is 38.8 Å². The first kappa shape index (κ1) is 16.8. The molecule has 0 aliphatic rings. The number of methoxy groups -OCH3 is 1. The molecular formula is C15H22N2O4. The summed E-state index contributed by atoms with van der Waals surface area (Å²) in [5, 5.41) is 2.56. The van der Waals surface area contributed by atoms with E-state index in [0.29, 0.717) is 11.3 Å². The maximum atomic E-state index is 12.1. The molecular weight excluding hydrogens is 272 g/mol. The summed E-state index contributed by atoms with van der Waals surface area (Å²) < 4.78 is 9.98. The van der Waals surface area contributed by atoms with Crippen LogP contribution in [0.3, 0.4) is 0 Å². The molecule has 0 radical (unpaired) electrons. The van der Waals surface area contributed by atoms with Crippen LogP contribution < -0.4 is 11.1 Å². The van der Waals surface area contributed by atoms with Gasteiger partial charge in [-0.15, -0.1) is 0 Å². The molecule has 0 aliphatic carbocycles. The fourth-order valence-corrected chi connectivity index (χ4v) is 1.77. The largest absolute Gasteiger partial charge is 0.467 e. The Hall–Kier alpha value is -2.24. The van der Waals surface area contributed by atoms with Crippen LogP contribution in [0.1, 0.15) is 33.3 Å². The predicted octanol–water partition coefficient (Wildman–Crippen LogP) is 2.18. The van der Waals surface area contributed by atoms with Crippen molar-refractivity contribution >= 4 is 17.7 Å². The molecule has 0 bridgehead atoms. The van der Waals surface area contributed by atoms with Gasteiger partial charge in [-0.05, 0) is 45.4 Å². The van der Waals surface area contributed by atoms with E-state index in [9.17, 15) is 9.59 Å². The number of carbonyl (C=O) groups is 2. The molecule has 0 aliphatic heterocycles. The van der Waals surface area contributed by atoms with Gasteiger partial charge in [0.25, 0.3) is 0 Å². The average molecular weight is 294 g/mol. The second-order valence-electron chi connectivity index (χ2n) is 5.87. The lowest BCUT2D eigenvalue weighted by Gasteiger charge is -2.30. The van der Waals surface area contributed by atoms with Crippen LogP contribution in [0.2, 0.25) is 0 Å². The molecule has 0 heterocycles. The number of carbonyl (C=O) groups excluding carboxylic acids is 2. The number of hydrogen-bond acceptors (Lipinski definition) is 5. The zero-order chi connectivity index (χ0) is 16.3. The topological polar surface area (TPSA) is 90.6 Å². The Balaban J connectivity index is 3.08. The van der Waals surface area contributed by atoms with Crippen molar-refractivity contribution in [3.8, 4) is 0 Å². The number of anilines is 1. The monoisotopic (exact) mass is 294 g/mol. The van der Waals surface area contributed by atoms with E-state index in [0.717, 1.165) is 0 Å². The molecule has 0 saturated carbocycles. The summed E-state index contributed by atoms with van der Waals surface area (Å²) in [6, 6.07) is 6.60. The SMILES string of the molecule is COC(=O)[C@@](C)(NC(=O)OC(C)(C)C)c1ccc(N)cc1. The van der Waals surface area contributed by atoms with Crippen LogP contribution in [0.25, 0.3) is 0 Å². The van der Waals surface area contributed by atoms with E-state index in [4.69, 9.17) is 15.2 Å². The number of esters is 1. The van der Waals surface area contributed by atoms with Gasteiger partial charge in [0, 0.05) is 5.69 Å². The molecule has 3 N–H and O–H groups in total. The minimum absolute atomic E-state index is 0.550. The van der Waals surface area contributed by atoms with Gasteiger partial charge >= 0.3 is 12.1 Å². The smallest absolute Gasteiger partial charge is 0.408 e. The van der Waals surface area contributed by atoms with Crippen molar-refractivity contribution < 1.29 is 19.1 Å². The minimum Gasteiger partial charge on any atom is -0.467 e. The van der Waals surface area contributed by atoms with Gasteiger partial charge in [0.05, 0.1) is 7.11 Å². The van der Waals surface area contributed by atoms with Gasteiger partial charge in [-0.25, -0.2) is 9.59 Å². The lowest BCUT2D eigenvalue weighted by Crippen LogP contribution is -2.51. The Morgan fingerprint density at radius 3 is 2.05 bits per heavy atom. The summed E-state index contributed by atoms with van der Waals surface area (Å²) >= 11 is 0. The van der Waals surface area contributed by atoms with Crippen molar-refractivity contribution in [2.24, 2.45) is 0 Å². The van der Waals surface area contributed by atoms with E-state index >= 15 is 0 Å². The van der Waals surface area contributed by atoms with E-state index in [1.807, 2.05) is 0 Å². The number of nitrogen functional groups attached to an aromatic ring is 1. The summed E-state index contributed by atoms with van der Waals surface area (Å²) in [4.78, 5) is 24.1. The molecule has 6 heteroatoms. The minimum atomic E-state index is -1.36. The van der Waals surface area contributed by atoms with Crippen LogP contribution in [0, 0.1) is 0 Å². The highest BCUT2D eigenvalue weighted by molar-refractivity contribution is 5.86. The second kappa shape index (κ2) is 6.03. The molecule has 1 rings (SSSR count). The maximum Gasteiger partial charge on any atom is 0.408 e. The van der Waals surface area contributed by atoms with Gasteiger partial charge < -0.3 is 20.5 Å². The zero-order valence-corrected chi connectivity index (χ0v) is 13.0. The summed E-state index contributed by atoms with van der Waals surface area (Å²) in [6.07, 6.45) is -0.702. The second-order valence-corrected chi connectivity index (χ2v) is 5.87. The third-order valence-corrected chi connectivity index (χ3v) is 2.83. The predicted molar refractivity (Wildman–Crippen MR) is 79.6 cm³/mol. The third-order valence-electron chi connectivity index (χ3n) is 2.83. The van der Waals surface area contributed by atoms with E-state index < -0.39 is 23.2 Å². The number of alkyl carbamates (subject to hydrolysis) is 1. The molecule has 1 atom stereocenters. The van der Waals surface area contributed by atoms with Crippen molar-refractivity contribution in [3.63, 3.8) is 0 Å². The third kappa shape index (κ3) is 4.37. The first-order valence-corrected chi connectivity index (χ1v) is 6.54. The highest BCUT2D eigenvalue weighted by Gasteiger charge is 2.39. The molecule has 0 saturated heterocycles. The van der Waals surface area contributed by atoms with Crippen LogP contribution in [-0.4, -0.2) is 24.8 Å². The van der Waals surface area contributed by atoms with Crippen LogP contribution >= 0.6 is 0 Å². The lowest BCUT2D eigenvalue weighted by molar-refractivity contribution is -0.148. The molecule has 1 aromatic carbocycles. The highest BCUT2D eigenvalue weighted by Crippen LogP contribution is 2.24. The van der Waals surface area contributed by atoms with Gasteiger partial charge in [0.2, 0.25) is 0 Å². The molecule has 116 valence electrons. The Bertz CT molecular complexity index is 519. The first-order valence-electron chi connectivity index (χ1n) is 6.54. The lowest BCUT2D eigenvalue weighted by atomic mass is 9.92. The number of rotatable bonds is 3. The highest BCUT2D eigenvalue weighted by atomic mass is 16.6. The standard InChI is InChI=1S/C15H22N2O4/c1-14(2,3)21-13(19)17-15(4,12(18)20-5)10-6-8-11(16)9-7-10/h6-9H,16H2,1-5H3,(H,17,19)/t15-/m0/s1. The fraction of sp³-hybridized carbons (Fsp3) is 0.467. The Labute approximate surface area is 124 Å². The van der Waals surface area contributed by atoms with Gasteiger partial charge in [0.15, 0.2) is 5.54 Å². The quantitative estimate of drug-likeness (QED) is 0.658. The Morgan fingerprint density at radius 2 is 1.62 bits per heavy atom. The van der Waals surface area contributed by atoms with E-state index in [1.165, 1.54) is 7.11 Å². The number of hydrogen-bond donors (Lipinski definition) is 2. The first-order chi connectivity index (χ1) is 9.58. The summed E-state index contributed by atoms with van der Waals surface area (Å²) in [6.45, 7) is 6.77. The molecule has 0 spiro atoms.